The van der Waals surface area contributed by atoms with E-state index >= 15 is 0 Å². The Labute approximate surface area is 84.3 Å². The Balaban J connectivity index is 2.35. The second-order valence-electron chi connectivity index (χ2n) is 3.49. The molecule has 1 heterocycles. The first-order chi connectivity index (χ1) is 6.97. The molecule has 2 nitrogen and oxygen atoms in total. The summed E-state index contributed by atoms with van der Waals surface area (Å²) in [6.45, 7) is 0.0499. The lowest BCUT2D eigenvalue weighted by Gasteiger charge is -2.22. The lowest BCUT2D eigenvalue weighted by molar-refractivity contribution is -0.137. The van der Waals surface area contributed by atoms with E-state index in [2.05, 4.69) is 0 Å². The Kier molecular flexibility index (Phi) is 2.34. The molecule has 0 radical (unpaired) electrons. The summed E-state index contributed by atoms with van der Waals surface area (Å²) in [6, 6.07) is 3.32. The minimum absolute atomic E-state index is 0.0499. The van der Waals surface area contributed by atoms with Gasteiger partial charge in [-0.05, 0) is 17.7 Å². The van der Waals surface area contributed by atoms with Crippen LogP contribution in [0.25, 0.3) is 0 Å². The van der Waals surface area contributed by atoms with Gasteiger partial charge in [-0.25, -0.2) is 0 Å². The van der Waals surface area contributed by atoms with Gasteiger partial charge in [0.2, 0.25) is 0 Å². The quantitative estimate of drug-likeness (QED) is 0.721. The highest BCUT2D eigenvalue weighted by Crippen LogP contribution is 2.34. The van der Waals surface area contributed by atoms with Gasteiger partial charge in [0.25, 0.3) is 0 Å². The third kappa shape index (κ3) is 2.07. The topological polar surface area (TPSA) is 29.5 Å². The highest BCUT2D eigenvalue weighted by Gasteiger charge is 2.32. The first kappa shape index (κ1) is 10.3. The van der Waals surface area contributed by atoms with E-state index in [4.69, 9.17) is 4.74 Å². The van der Waals surface area contributed by atoms with Gasteiger partial charge in [-0.2, -0.15) is 13.2 Å². The van der Waals surface area contributed by atoms with Crippen molar-refractivity contribution in [2.24, 2.45) is 0 Å². The summed E-state index contributed by atoms with van der Waals surface area (Å²) in [5.41, 5.74) is -0.112. The molecule has 0 amide bonds. The first-order valence-corrected chi connectivity index (χ1v) is 4.48. The second kappa shape index (κ2) is 3.41. The fourth-order valence-electron chi connectivity index (χ4n) is 1.53. The van der Waals surface area contributed by atoms with Crippen LogP contribution in [0.4, 0.5) is 13.2 Å². The standard InChI is InChI=1S/C10H9F3O2/c11-10(12,13)7-2-1-6-3-8(14)5-15-9(6)4-7/h1-2,4,8,14H,3,5H2. The normalized spacial score (nSPS) is 20.7. The van der Waals surface area contributed by atoms with Crippen molar-refractivity contribution in [1.82, 2.24) is 0 Å². The SMILES string of the molecule is OC1COc2cc(C(F)(F)F)ccc2C1. The van der Waals surface area contributed by atoms with Gasteiger partial charge in [0.15, 0.2) is 0 Å². The van der Waals surface area contributed by atoms with Gasteiger partial charge in [-0.3, -0.25) is 0 Å². The summed E-state index contributed by atoms with van der Waals surface area (Å²) in [4.78, 5) is 0. The second-order valence-corrected chi connectivity index (χ2v) is 3.49. The van der Waals surface area contributed by atoms with Crippen molar-refractivity contribution in [3.05, 3.63) is 29.3 Å². The zero-order chi connectivity index (χ0) is 11.1. The van der Waals surface area contributed by atoms with Gasteiger partial charge < -0.3 is 9.84 Å². The molecule has 82 valence electrons. The van der Waals surface area contributed by atoms with Crippen molar-refractivity contribution < 1.29 is 23.0 Å². The molecule has 1 aliphatic rings. The molecular formula is C10H9F3O2. The van der Waals surface area contributed by atoms with Crippen molar-refractivity contribution >= 4 is 0 Å². The Bertz CT molecular complexity index is 373. The van der Waals surface area contributed by atoms with Crippen LogP contribution in [-0.4, -0.2) is 17.8 Å². The summed E-state index contributed by atoms with van der Waals surface area (Å²) in [5, 5.41) is 9.24. The fraction of sp³-hybridized carbons (Fsp3) is 0.400. The number of aliphatic hydroxyl groups excluding tert-OH is 1. The summed E-state index contributed by atoms with van der Waals surface area (Å²) in [6.07, 6.45) is -4.64. The molecule has 15 heavy (non-hydrogen) atoms. The molecule has 0 aliphatic carbocycles. The average molecular weight is 218 g/mol. The highest BCUT2D eigenvalue weighted by molar-refractivity contribution is 5.40. The number of benzene rings is 1. The van der Waals surface area contributed by atoms with Crippen LogP contribution < -0.4 is 4.74 Å². The van der Waals surface area contributed by atoms with Crippen molar-refractivity contribution in [3.63, 3.8) is 0 Å². The predicted molar refractivity (Wildman–Crippen MR) is 46.6 cm³/mol. The van der Waals surface area contributed by atoms with Crippen LogP contribution in [0.1, 0.15) is 11.1 Å². The van der Waals surface area contributed by atoms with E-state index in [1.807, 2.05) is 0 Å². The van der Waals surface area contributed by atoms with Crippen molar-refractivity contribution in [3.8, 4) is 5.75 Å². The van der Waals surface area contributed by atoms with Crippen LogP contribution in [0, 0.1) is 0 Å². The zero-order valence-corrected chi connectivity index (χ0v) is 7.71. The van der Waals surface area contributed by atoms with E-state index in [0.29, 0.717) is 12.0 Å². The molecule has 0 fully saturated rings. The number of alkyl halides is 3. The fourth-order valence-corrected chi connectivity index (χ4v) is 1.53. The van der Waals surface area contributed by atoms with Crippen LogP contribution in [0.5, 0.6) is 5.75 Å². The third-order valence-corrected chi connectivity index (χ3v) is 2.28. The summed E-state index contributed by atoms with van der Waals surface area (Å²) in [5.74, 6) is 0.218. The van der Waals surface area contributed by atoms with Crippen LogP contribution >= 0.6 is 0 Å². The molecular weight excluding hydrogens is 209 g/mol. The van der Waals surface area contributed by atoms with Crippen LogP contribution in [-0.2, 0) is 12.6 Å². The molecule has 0 spiro atoms. The van der Waals surface area contributed by atoms with Gasteiger partial charge in [0.1, 0.15) is 12.4 Å². The van der Waals surface area contributed by atoms with Crippen molar-refractivity contribution in [2.45, 2.75) is 18.7 Å². The average Bonchev–Trinajstić information content (AvgIpc) is 2.15. The van der Waals surface area contributed by atoms with Gasteiger partial charge in [0, 0.05) is 6.42 Å². The Hall–Kier alpha value is -1.23. The maximum absolute atomic E-state index is 12.3. The number of hydrogen-bond acceptors (Lipinski definition) is 2. The van der Waals surface area contributed by atoms with Gasteiger partial charge in [-0.15, -0.1) is 0 Å². The number of rotatable bonds is 0. The van der Waals surface area contributed by atoms with Crippen LogP contribution in [0.15, 0.2) is 18.2 Å². The number of halogens is 3. The smallest absolute Gasteiger partial charge is 0.416 e. The Morgan fingerprint density at radius 3 is 2.73 bits per heavy atom. The molecule has 5 heteroatoms. The van der Waals surface area contributed by atoms with E-state index in [9.17, 15) is 18.3 Å². The number of hydrogen-bond donors (Lipinski definition) is 1. The lowest BCUT2D eigenvalue weighted by atomic mass is 10.0. The minimum Gasteiger partial charge on any atom is -0.491 e. The van der Waals surface area contributed by atoms with Gasteiger partial charge >= 0.3 is 6.18 Å². The Morgan fingerprint density at radius 2 is 2.07 bits per heavy atom. The number of aliphatic hydroxyl groups is 1. The largest absolute Gasteiger partial charge is 0.491 e. The van der Waals surface area contributed by atoms with Crippen LogP contribution in [0.2, 0.25) is 0 Å². The molecule has 1 atom stereocenters. The van der Waals surface area contributed by atoms with Crippen molar-refractivity contribution in [2.75, 3.05) is 6.61 Å². The molecule has 1 aliphatic heterocycles. The van der Waals surface area contributed by atoms with E-state index in [0.717, 1.165) is 12.1 Å². The molecule has 1 aromatic carbocycles. The van der Waals surface area contributed by atoms with E-state index < -0.39 is 17.8 Å². The first-order valence-electron chi connectivity index (χ1n) is 4.48. The molecule has 0 aromatic heterocycles. The Morgan fingerprint density at radius 1 is 1.33 bits per heavy atom. The number of ether oxygens (including phenoxy) is 1. The van der Waals surface area contributed by atoms with Gasteiger partial charge in [0.05, 0.1) is 11.7 Å². The van der Waals surface area contributed by atoms with E-state index in [1.165, 1.54) is 6.07 Å². The van der Waals surface area contributed by atoms with E-state index in [1.54, 1.807) is 0 Å². The van der Waals surface area contributed by atoms with Crippen LogP contribution in [0.3, 0.4) is 0 Å². The molecule has 0 bridgehead atoms. The minimum atomic E-state index is -4.35. The van der Waals surface area contributed by atoms with Crippen molar-refractivity contribution in [1.29, 1.82) is 0 Å². The monoisotopic (exact) mass is 218 g/mol. The summed E-state index contributed by atoms with van der Waals surface area (Å²) in [7, 11) is 0. The molecule has 2 rings (SSSR count). The molecule has 0 saturated heterocycles. The molecule has 1 aromatic rings. The highest BCUT2D eigenvalue weighted by atomic mass is 19.4. The predicted octanol–water partition coefficient (Wildman–Crippen LogP) is 2.00. The lowest BCUT2D eigenvalue weighted by Crippen LogP contribution is -2.25. The molecule has 1 N–H and O–H groups in total. The van der Waals surface area contributed by atoms with E-state index in [-0.39, 0.29) is 12.4 Å². The molecule has 1 unspecified atom stereocenters. The molecule has 0 saturated carbocycles. The zero-order valence-electron chi connectivity index (χ0n) is 7.71. The van der Waals surface area contributed by atoms with Gasteiger partial charge in [-0.1, -0.05) is 6.07 Å². The third-order valence-electron chi connectivity index (χ3n) is 2.28. The summed E-state index contributed by atoms with van der Waals surface area (Å²) >= 11 is 0. The maximum atomic E-state index is 12.3. The maximum Gasteiger partial charge on any atom is 0.416 e. The number of fused-ring (bicyclic) bond motifs is 1. The summed E-state index contributed by atoms with van der Waals surface area (Å²) < 4.78 is 42.0.